The van der Waals surface area contributed by atoms with E-state index in [-0.39, 0.29) is 17.3 Å². The van der Waals surface area contributed by atoms with Crippen molar-refractivity contribution < 1.29 is 4.79 Å². The Morgan fingerprint density at radius 2 is 1.91 bits per heavy atom. The molecule has 0 radical (unpaired) electrons. The van der Waals surface area contributed by atoms with Crippen LogP contribution in [0.25, 0.3) is 11.4 Å². The van der Waals surface area contributed by atoms with Crippen LogP contribution in [0.5, 0.6) is 0 Å². The summed E-state index contributed by atoms with van der Waals surface area (Å²) in [6.45, 7) is 0.359. The highest BCUT2D eigenvalue weighted by Gasteiger charge is 2.13. The van der Waals surface area contributed by atoms with E-state index in [0.717, 1.165) is 11.1 Å². The fraction of sp³-hybridized carbons (Fsp3) is 0.0625. The molecule has 0 saturated heterocycles. The lowest BCUT2D eigenvalue weighted by atomic mass is 10.2. The Labute approximate surface area is 132 Å². The summed E-state index contributed by atoms with van der Waals surface area (Å²) in [6, 6.07) is 7.23. The van der Waals surface area contributed by atoms with Gasteiger partial charge in [-0.2, -0.15) is 0 Å². The summed E-state index contributed by atoms with van der Waals surface area (Å²) in [4.78, 5) is 28.5. The second kappa shape index (κ2) is 6.61. The monoisotopic (exact) mass is 306 g/mol. The largest absolute Gasteiger partial charge is 0.383 e. The smallest absolute Gasteiger partial charge is 0.256 e. The number of nitrogens with two attached hydrogens (primary N) is 1. The number of carbonyl (C=O) groups is 1. The Kier molecular flexibility index (Phi) is 4.19. The van der Waals surface area contributed by atoms with Gasteiger partial charge in [0, 0.05) is 43.1 Å². The first-order chi connectivity index (χ1) is 11.2. The summed E-state index contributed by atoms with van der Waals surface area (Å²) in [5.74, 6) is 0.261. The van der Waals surface area contributed by atoms with Crippen molar-refractivity contribution in [3.63, 3.8) is 0 Å². The number of pyridine rings is 2. The van der Waals surface area contributed by atoms with Crippen LogP contribution in [0, 0.1) is 0 Å². The molecule has 0 unspecified atom stereocenters. The second-order valence-electron chi connectivity index (χ2n) is 4.77. The SMILES string of the molecule is Nc1nc(-c2ccncc2)ncc1C(=O)NCc1cccnc1. The molecule has 0 atom stereocenters. The lowest BCUT2D eigenvalue weighted by Crippen LogP contribution is -2.24. The molecule has 23 heavy (non-hydrogen) atoms. The summed E-state index contributed by atoms with van der Waals surface area (Å²) < 4.78 is 0. The van der Waals surface area contributed by atoms with Gasteiger partial charge >= 0.3 is 0 Å². The van der Waals surface area contributed by atoms with Crippen molar-refractivity contribution in [3.05, 3.63) is 66.4 Å². The molecular weight excluding hydrogens is 292 g/mol. The fourth-order valence-electron chi connectivity index (χ4n) is 1.99. The normalized spacial score (nSPS) is 10.3. The minimum Gasteiger partial charge on any atom is -0.383 e. The summed E-state index contributed by atoms with van der Waals surface area (Å²) in [7, 11) is 0. The minimum atomic E-state index is -0.326. The molecule has 7 nitrogen and oxygen atoms in total. The van der Waals surface area contributed by atoms with Crippen molar-refractivity contribution >= 4 is 11.7 Å². The quantitative estimate of drug-likeness (QED) is 0.755. The lowest BCUT2D eigenvalue weighted by molar-refractivity contribution is 0.0951. The molecule has 0 fully saturated rings. The Morgan fingerprint density at radius 1 is 1.09 bits per heavy atom. The van der Waals surface area contributed by atoms with E-state index >= 15 is 0 Å². The molecule has 7 heteroatoms. The molecule has 3 N–H and O–H groups in total. The van der Waals surface area contributed by atoms with Crippen molar-refractivity contribution in [2.45, 2.75) is 6.54 Å². The van der Waals surface area contributed by atoms with E-state index in [2.05, 4.69) is 25.3 Å². The number of anilines is 1. The number of nitrogen functional groups attached to an aromatic ring is 1. The van der Waals surface area contributed by atoms with Crippen LogP contribution in [0.2, 0.25) is 0 Å². The second-order valence-corrected chi connectivity index (χ2v) is 4.77. The average molecular weight is 306 g/mol. The van der Waals surface area contributed by atoms with Crippen LogP contribution in [-0.2, 0) is 6.54 Å². The number of nitrogens with one attached hydrogen (secondary N) is 1. The van der Waals surface area contributed by atoms with Crippen LogP contribution in [0.4, 0.5) is 5.82 Å². The van der Waals surface area contributed by atoms with Gasteiger partial charge in [-0.25, -0.2) is 9.97 Å². The van der Waals surface area contributed by atoms with E-state index in [9.17, 15) is 4.79 Å². The third-order valence-corrected chi connectivity index (χ3v) is 3.18. The number of hydrogen-bond donors (Lipinski definition) is 2. The highest BCUT2D eigenvalue weighted by atomic mass is 16.1. The Balaban J connectivity index is 1.74. The van der Waals surface area contributed by atoms with Crippen molar-refractivity contribution in [2.24, 2.45) is 0 Å². The van der Waals surface area contributed by atoms with Gasteiger partial charge in [-0.15, -0.1) is 0 Å². The van der Waals surface area contributed by atoms with Gasteiger partial charge in [0.1, 0.15) is 5.82 Å². The predicted octanol–water partition coefficient (Wildman–Crippen LogP) is 1.45. The summed E-state index contributed by atoms with van der Waals surface area (Å²) in [5.41, 5.74) is 7.81. The van der Waals surface area contributed by atoms with Crippen LogP contribution in [0.3, 0.4) is 0 Å². The molecule has 0 aromatic carbocycles. The average Bonchev–Trinajstić information content (AvgIpc) is 2.61. The third-order valence-electron chi connectivity index (χ3n) is 3.18. The van der Waals surface area contributed by atoms with Gasteiger partial charge in [0.05, 0.1) is 5.56 Å². The lowest BCUT2D eigenvalue weighted by Gasteiger charge is -2.08. The number of rotatable bonds is 4. The van der Waals surface area contributed by atoms with Gasteiger partial charge in [0.15, 0.2) is 5.82 Å². The topological polar surface area (TPSA) is 107 Å². The maximum atomic E-state index is 12.2. The maximum absolute atomic E-state index is 12.2. The van der Waals surface area contributed by atoms with Gasteiger partial charge in [-0.1, -0.05) is 6.07 Å². The van der Waals surface area contributed by atoms with Crippen molar-refractivity contribution in [1.29, 1.82) is 0 Å². The van der Waals surface area contributed by atoms with Crippen LogP contribution in [0.15, 0.2) is 55.2 Å². The third kappa shape index (κ3) is 3.46. The van der Waals surface area contributed by atoms with Gasteiger partial charge in [-0.3, -0.25) is 14.8 Å². The Hall–Kier alpha value is -3.35. The molecular formula is C16H14N6O. The molecule has 0 saturated carbocycles. The Bertz CT molecular complexity index is 807. The van der Waals surface area contributed by atoms with E-state index < -0.39 is 0 Å². The molecule has 0 bridgehead atoms. The summed E-state index contributed by atoms with van der Waals surface area (Å²) in [5, 5.41) is 2.77. The van der Waals surface area contributed by atoms with Crippen LogP contribution in [0.1, 0.15) is 15.9 Å². The highest BCUT2D eigenvalue weighted by Crippen LogP contribution is 2.16. The van der Waals surface area contributed by atoms with Gasteiger partial charge in [0.25, 0.3) is 5.91 Å². The van der Waals surface area contributed by atoms with Gasteiger partial charge in [0.2, 0.25) is 0 Å². The van der Waals surface area contributed by atoms with E-state index in [1.165, 1.54) is 6.20 Å². The predicted molar refractivity (Wildman–Crippen MR) is 85.1 cm³/mol. The van der Waals surface area contributed by atoms with E-state index in [0.29, 0.717) is 12.4 Å². The van der Waals surface area contributed by atoms with E-state index in [1.807, 2.05) is 12.1 Å². The number of aromatic nitrogens is 4. The van der Waals surface area contributed by atoms with Crippen molar-refractivity contribution in [1.82, 2.24) is 25.3 Å². The number of nitrogens with zero attached hydrogens (tertiary/aromatic N) is 4. The molecule has 0 spiro atoms. The Morgan fingerprint density at radius 3 is 2.61 bits per heavy atom. The molecule has 3 aromatic heterocycles. The zero-order valence-electron chi connectivity index (χ0n) is 12.2. The fourth-order valence-corrected chi connectivity index (χ4v) is 1.99. The molecule has 114 valence electrons. The van der Waals surface area contributed by atoms with Crippen molar-refractivity contribution in [2.75, 3.05) is 5.73 Å². The van der Waals surface area contributed by atoms with Crippen LogP contribution < -0.4 is 11.1 Å². The zero-order chi connectivity index (χ0) is 16.1. The molecule has 3 heterocycles. The van der Waals surface area contributed by atoms with Crippen LogP contribution in [-0.4, -0.2) is 25.8 Å². The summed E-state index contributed by atoms with van der Waals surface area (Å²) >= 11 is 0. The first-order valence-corrected chi connectivity index (χ1v) is 6.94. The van der Waals surface area contributed by atoms with Gasteiger partial charge in [-0.05, 0) is 23.8 Å². The molecule has 3 aromatic rings. The zero-order valence-corrected chi connectivity index (χ0v) is 12.2. The van der Waals surface area contributed by atoms with Crippen LogP contribution >= 0.6 is 0 Å². The maximum Gasteiger partial charge on any atom is 0.256 e. The number of hydrogen-bond acceptors (Lipinski definition) is 6. The number of amides is 1. The first-order valence-electron chi connectivity index (χ1n) is 6.94. The molecule has 0 aliphatic heterocycles. The van der Waals surface area contributed by atoms with E-state index in [1.54, 1.807) is 36.9 Å². The summed E-state index contributed by atoms with van der Waals surface area (Å²) in [6.07, 6.45) is 8.07. The molecule has 3 rings (SSSR count). The molecule has 0 aliphatic carbocycles. The number of carbonyl (C=O) groups excluding carboxylic acids is 1. The molecule has 1 amide bonds. The molecule has 0 aliphatic rings. The minimum absolute atomic E-state index is 0.135. The van der Waals surface area contributed by atoms with E-state index in [4.69, 9.17) is 5.73 Å². The first kappa shape index (κ1) is 14.6. The van der Waals surface area contributed by atoms with Gasteiger partial charge < -0.3 is 11.1 Å². The standard InChI is InChI=1S/C16H14N6O/c17-14-13(16(23)21-9-11-2-1-5-19-8-11)10-20-15(22-14)12-3-6-18-7-4-12/h1-8,10H,9H2,(H,21,23)(H2,17,20,22). The van der Waals surface area contributed by atoms with Crippen molar-refractivity contribution in [3.8, 4) is 11.4 Å². The highest BCUT2D eigenvalue weighted by molar-refractivity contribution is 5.98.